The lowest BCUT2D eigenvalue weighted by molar-refractivity contribution is 0.318. The highest BCUT2D eigenvalue weighted by atomic mass is 79.9. The SMILES string of the molecule is COc1nc(-n2cccc2/C(N)=N/O)ncc1Br. The Labute approximate surface area is 111 Å². The Morgan fingerprint density at radius 3 is 3.06 bits per heavy atom. The lowest BCUT2D eigenvalue weighted by Gasteiger charge is -2.08. The number of hydrogen-bond donors (Lipinski definition) is 2. The minimum atomic E-state index is -0.0227. The average molecular weight is 312 g/mol. The maximum atomic E-state index is 8.70. The third kappa shape index (κ3) is 2.14. The molecule has 2 aromatic rings. The van der Waals surface area contributed by atoms with E-state index in [0.29, 0.717) is 22.0 Å². The van der Waals surface area contributed by atoms with Crippen molar-refractivity contribution < 1.29 is 9.94 Å². The second-order valence-corrected chi connectivity index (χ2v) is 4.13. The van der Waals surface area contributed by atoms with Crippen molar-refractivity contribution >= 4 is 21.8 Å². The Morgan fingerprint density at radius 1 is 1.61 bits per heavy atom. The lowest BCUT2D eigenvalue weighted by atomic mass is 10.4. The normalized spacial score (nSPS) is 11.6. The van der Waals surface area contributed by atoms with E-state index in [4.69, 9.17) is 15.7 Å². The first kappa shape index (κ1) is 12.4. The van der Waals surface area contributed by atoms with Crippen LogP contribution in [0, 0.1) is 0 Å². The van der Waals surface area contributed by atoms with E-state index in [1.807, 2.05) is 0 Å². The molecule has 8 heteroatoms. The molecule has 0 aliphatic carbocycles. The molecule has 18 heavy (non-hydrogen) atoms. The molecule has 0 aliphatic heterocycles. The summed E-state index contributed by atoms with van der Waals surface area (Å²) in [5.41, 5.74) is 6.05. The summed E-state index contributed by atoms with van der Waals surface area (Å²) in [5, 5.41) is 11.7. The van der Waals surface area contributed by atoms with Gasteiger partial charge in [0.2, 0.25) is 11.8 Å². The van der Waals surface area contributed by atoms with Crippen molar-refractivity contribution in [1.29, 1.82) is 0 Å². The summed E-state index contributed by atoms with van der Waals surface area (Å²) < 4.78 is 7.32. The molecule has 0 fully saturated rings. The molecule has 7 nitrogen and oxygen atoms in total. The molecule has 0 saturated heterocycles. The van der Waals surface area contributed by atoms with Crippen LogP contribution in [0.5, 0.6) is 5.88 Å². The molecular formula is C10H10BrN5O2. The quantitative estimate of drug-likeness (QED) is 0.383. The van der Waals surface area contributed by atoms with E-state index in [1.54, 1.807) is 29.1 Å². The Kier molecular flexibility index (Phi) is 3.47. The summed E-state index contributed by atoms with van der Waals surface area (Å²) in [6.45, 7) is 0. The van der Waals surface area contributed by atoms with Crippen LogP contribution in [0.1, 0.15) is 5.69 Å². The molecule has 0 bridgehead atoms. The molecule has 0 radical (unpaired) electrons. The number of amidine groups is 1. The van der Waals surface area contributed by atoms with Crippen LogP contribution < -0.4 is 10.5 Å². The fraction of sp³-hybridized carbons (Fsp3) is 0.100. The van der Waals surface area contributed by atoms with Gasteiger partial charge in [0.05, 0.1) is 23.5 Å². The third-order valence-corrected chi connectivity index (χ3v) is 2.77. The number of nitrogens with two attached hydrogens (primary N) is 1. The predicted molar refractivity (Wildman–Crippen MR) is 68.1 cm³/mol. The van der Waals surface area contributed by atoms with Gasteiger partial charge < -0.3 is 15.7 Å². The smallest absolute Gasteiger partial charge is 0.237 e. The van der Waals surface area contributed by atoms with Crippen molar-refractivity contribution in [3.8, 4) is 11.8 Å². The van der Waals surface area contributed by atoms with Gasteiger partial charge in [-0.25, -0.2) is 4.98 Å². The number of rotatable bonds is 3. The van der Waals surface area contributed by atoms with E-state index >= 15 is 0 Å². The van der Waals surface area contributed by atoms with E-state index < -0.39 is 0 Å². The highest BCUT2D eigenvalue weighted by Crippen LogP contribution is 2.22. The van der Waals surface area contributed by atoms with Crippen LogP contribution in [0.3, 0.4) is 0 Å². The van der Waals surface area contributed by atoms with Crippen LogP contribution in [0.25, 0.3) is 5.95 Å². The van der Waals surface area contributed by atoms with Crippen LogP contribution in [-0.4, -0.2) is 32.7 Å². The Balaban J connectivity index is 2.53. The first-order valence-electron chi connectivity index (χ1n) is 4.89. The summed E-state index contributed by atoms with van der Waals surface area (Å²) in [5.74, 6) is 0.742. The van der Waals surface area contributed by atoms with E-state index in [0.717, 1.165) is 0 Å². The highest BCUT2D eigenvalue weighted by molar-refractivity contribution is 9.10. The number of ether oxygens (including phenoxy) is 1. The van der Waals surface area contributed by atoms with Crippen molar-refractivity contribution in [2.45, 2.75) is 0 Å². The number of aromatic nitrogens is 3. The number of hydrogen-bond acceptors (Lipinski definition) is 5. The van der Waals surface area contributed by atoms with Gasteiger partial charge in [0.1, 0.15) is 0 Å². The summed E-state index contributed by atoms with van der Waals surface area (Å²) in [6, 6.07) is 3.43. The number of nitrogens with zero attached hydrogens (tertiary/aromatic N) is 4. The predicted octanol–water partition coefficient (Wildman–Crippen LogP) is 1.13. The maximum Gasteiger partial charge on any atom is 0.237 e. The largest absolute Gasteiger partial charge is 0.480 e. The maximum absolute atomic E-state index is 8.70. The van der Waals surface area contributed by atoms with Crippen LogP contribution in [-0.2, 0) is 0 Å². The molecular weight excluding hydrogens is 302 g/mol. The fourth-order valence-electron chi connectivity index (χ4n) is 1.42. The van der Waals surface area contributed by atoms with Gasteiger partial charge >= 0.3 is 0 Å². The molecule has 0 amide bonds. The second-order valence-electron chi connectivity index (χ2n) is 3.28. The zero-order chi connectivity index (χ0) is 13.1. The van der Waals surface area contributed by atoms with Crippen LogP contribution in [0.4, 0.5) is 0 Å². The van der Waals surface area contributed by atoms with Crippen LogP contribution in [0.15, 0.2) is 34.2 Å². The van der Waals surface area contributed by atoms with E-state index in [-0.39, 0.29) is 5.84 Å². The first-order valence-corrected chi connectivity index (χ1v) is 5.69. The van der Waals surface area contributed by atoms with E-state index in [2.05, 4.69) is 31.1 Å². The van der Waals surface area contributed by atoms with Gasteiger partial charge in [-0.1, -0.05) is 5.16 Å². The minimum Gasteiger partial charge on any atom is -0.480 e. The van der Waals surface area contributed by atoms with Crippen molar-refractivity contribution in [1.82, 2.24) is 14.5 Å². The van der Waals surface area contributed by atoms with E-state index in [9.17, 15) is 0 Å². The van der Waals surface area contributed by atoms with Crippen molar-refractivity contribution in [3.05, 3.63) is 34.7 Å². The molecule has 0 aromatic carbocycles. The molecule has 0 aliphatic rings. The monoisotopic (exact) mass is 311 g/mol. The standard InChI is InChI=1S/C10H10BrN5O2/c1-18-9-6(11)5-13-10(14-9)16-4-2-3-7(16)8(12)15-17/h2-5,17H,1H3,(H2,12,15). The van der Waals surface area contributed by atoms with Gasteiger partial charge in [-0.2, -0.15) is 4.98 Å². The van der Waals surface area contributed by atoms with Gasteiger partial charge in [0.15, 0.2) is 5.84 Å². The highest BCUT2D eigenvalue weighted by Gasteiger charge is 2.12. The Bertz CT molecular complexity index is 596. The molecule has 94 valence electrons. The molecule has 2 heterocycles. The van der Waals surface area contributed by atoms with Gasteiger partial charge in [-0.15, -0.1) is 0 Å². The van der Waals surface area contributed by atoms with Crippen molar-refractivity contribution in [2.75, 3.05) is 7.11 Å². The number of halogens is 1. The Morgan fingerprint density at radius 2 is 2.39 bits per heavy atom. The van der Waals surface area contributed by atoms with Crippen LogP contribution in [0.2, 0.25) is 0 Å². The minimum absolute atomic E-state index is 0.0227. The topological polar surface area (TPSA) is 98.6 Å². The summed E-state index contributed by atoms with van der Waals surface area (Å²) in [7, 11) is 1.51. The molecule has 0 unspecified atom stereocenters. The van der Waals surface area contributed by atoms with Gasteiger partial charge in [0.25, 0.3) is 0 Å². The Hall–Kier alpha value is -2.09. The van der Waals surface area contributed by atoms with E-state index in [1.165, 1.54) is 7.11 Å². The first-order chi connectivity index (χ1) is 8.67. The second kappa shape index (κ2) is 5.05. The zero-order valence-corrected chi connectivity index (χ0v) is 11.0. The molecule has 0 spiro atoms. The molecule has 3 N–H and O–H groups in total. The average Bonchev–Trinajstić information content (AvgIpc) is 2.87. The van der Waals surface area contributed by atoms with Crippen molar-refractivity contribution in [3.63, 3.8) is 0 Å². The van der Waals surface area contributed by atoms with Gasteiger partial charge in [-0.3, -0.25) is 4.57 Å². The van der Waals surface area contributed by atoms with Gasteiger partial charge in [-0.05, 0) is 28.1 Å². The lowest BCUT2D eigenvalue weighted by Crippen LogP contribution is -2.18. The van der Waals surface area contributed by atoms with Crippen LogP contribution >= 0.6 is 15.9 Å². The molecule has 0 saturated carbocycles. The van der Waals surface area contributed by atoms with Gasteiger partial charge in [0, 0.05) is 6.20 Å². The third-order valence-electron chi connectivity index (χ3n) is 2.23. The molecule has 0 atom stereocenters. The number of methoxy groups -OCH3 is 1. The molecule has 2 aromatic heterocycles. The summed E-state index contributed by atoms with van der Waals surface area (Å²) in [6.07, 6.45) is 3.27. The summed E-state index contributed by atoms with van der Waals surface area (Å²) >= 11 is 3.27. The fourth-order valence-corrected chi connectivity index (χ4v) is 1.77. The molecule has 2 rings (SSSR count). The number of oxime groups is 1. The van der Waals surface area contributed by atoms with Crippen molar-refractivity contribution in [2.24, 2.45) is 10.9 Å². The zero-order valence-electron chi connectivity index (χ0n) is 9.41. The summed E-state index contributed by atoms with van der Waals surface area (Å²) in [4.78, 5) is 8.34.